The van der Waals surface area contributed by atoms with Crippen molar-refractivity contribution in [2.24, 2.45) is 0 Å². The van der Waals surface area contributed by atoms with E-state index in [1.165, 1.54) is 0 Å². The highest BCUT2D eigenvalue weighted by atomic mass is 16.5. The number of carbonyl (C=O) groups excluding carboxylic acids is 1. The van der Waals surface area contributed by atoms with E-state index >= 15 is 0 Å². The molecule has 1 aromatic heterocycles. The number of aromatic nitrogens is 2. The topological polar surface area (TPSA) is 74.5 Å². The molecule has 0 spiro atoms. The lowest BCUT2D eigenvalue weighted by atomic mass is 10.1. The van der Waals surface area contributed by atoms with Gasteiger partial charge in [-0.1, -0.05) is 29.4 Å². The maximum absolute atomic E-state index is 12.2. The van der Waals surface area contributed by atoms with Gasteiger partial charge < -0.3 is 9.84 Å². The van der Waals surface area contributed by atoms with Crippen LogP contribution in [0.3, 0.4) is 0 Å². The van der Waals surface area contributed by atoms with Gasteiger partial charge in [0.15, 0.2) is 0 Å². The Hall–Kier alpha value is -2.25. The van der Waals surface area contributed by atoms with Crippen molar-refractivity contribution in [1.29, 1.82) is 0 Å². The molecule has 1 atom stereocenters. The largest absolute Gasteiger partial charge is 0.352 e. The highest BCUT2D eigenvalue weighted by Gasteiger charge is 2.30. The third-order valence-electron chi connectivity index (χ3n) is 5.47. The summed E-state index contributed by atoms with van der Waals surface area (Å²) < 4.78 is 5.46. The number of rotatable bonds is 6. The molecule has 144 valence electrons. The van der Waals surface area contributed by atoms with E-state index in [0.29, 0.717) is 24.3 Å². The van der Waals surface area contributed by atoms with Crippen LogP contribution < -0.4 is 5.32 Å². The van der Waals surface area contributed by atoms with Gasteiger partial charge in [0.1, 0.15) is 0 Å². The molecular weight excluding hydrogens is 342 g/mol. The maximum atomic E-state index is 12.2. The van der Waals surface area contributed by atoms with E-state index in [-0.39, 0.29) is 11.9 Å². The Kier molecular flexibility index (Phi) is 5.22. The fraction of sp³-hybridized carbons (Fsp3) is 0.550. The number of piperazine rings is 1. The van der Waals surface area contributed by atoms with E-state index < -0.39 is 0 Å². The summed E-state index contributed by atoms with van der Waals surface area (Å²) in [6, 6.07) is 8.40. The molecule has 2 aromatic rings. The number of nitrogens with one attached hydrogen (secondary N) is 1. The van der Waals surface area contributed by atoms with E-state index in [4.69, 9.17) is 4.52 Å². The van der Waals surface area contributed by atoms with E-state index in [1.54, 1.807) is 0 Å². The Labute approximate surface area is 159 Å². The van der Waals surface area contributed by atoms with Crippen LogP contribution in [-0.4, -0.2) is 64.1 Å². The van der Waals surface area contributed by atoms with Crippen LogP contribution in [0.25, 0.3) is 11.4 Å². The molecule has 0 bridgehead atoms. The molecule has 1 aliphatic carbocycles. The van der Waals surface area contributed by atoms with Crippen molar-refractivity contribution >= 4 is 5.91 Å². The fourth-order valence-electron chi connectivity index (χ4n) is 3.47. The van der Waals surface area contributed by atoms with Gasteiger partial charge in [0.05, 0.1) is 12.6 Å². The summed E-state index contributed by atoms with van der Waals surface area (Å²) in [5.41, 5.74) is 2.14. The molecular formula is C20H27N5O2. The number of hydrogen-bond donors (Lipinski definition) is 1. The van der Waals surface area contributed by atoms with Crippen LogP contribution in [0, 0.1) is 6.92 Å². The van der Waals surface area contributed by atoms with Gasteiger partial charge in [-0.05, 0) is 32.3 Å². The summed E-state index contributed by atoms with van der Waals surface area (Å²) in [4.78, 5) is 21.3. The third-order valence-corrected chi connectivity index (χ3v) is 5.47. The predicted octanol–water partition coefficient (Wildman–Crippen LogP) is 1.83. The summed E-state index contributed by atoms with van der Waals surface area (Å²) in [5, 5.41) is 7.23. The fourth-order valence-corrected chi connectivity index (χ4v) is 3.47. The highest BCUT2D eigenvalue weighted by molar-refractivity contribution is 5.81. The quantitative estimate of drug-likeness (QED) is 0.837. The molecule has 4 rings (SSSR count). The summed E-state index contributed by atoms with van der Waals surface area (Å²) in [6.45, 7) is 8.22. The number of carbonyl (C=O) groups is 1. The molecule has 1 unspecified atom stereocenters. The first-order chi connectivity index (χ1) is 13.1. The van der Waals surface area contributed by atoms with Crippen LogP contribution in [0.4, 0.5) is 0 Å². The van der Waals surface area contributed by atoms with Crippen LogP contribution in [0.15, 0.2) is 28.8 Å². The number of nitrogens with zero attached hydrogens (tertiary/aromatic N) is 4. The summed E-state index contributed by atoms with van der Waals surface area (Å²) in [6.07, 6.45) is 2.25. The Bertz CT molecular complexity index is 793. The number of benzene rings is 1. The van der Waals surface area contributed by atoms with Crippen LogP contribution in [0.5, 0.6) is 0 Å². The molecule has 1 aromatic carbocycles. The standard InChI is InChI=1S/C20H27N5O2/c1-14-5-3-4-6-17(14)19-22-18(27-23-19)13-24-9-11-25(12-10-24)15(2)20(26)21-16-7-8-16/h3-6,15-16H,7-13H2,1-2H3,(H,21,26). The number of aryl methyl sites for hydroxylation is 1. The van der Waals surface area contributed by atoms with Crippen molar-refractivity contribution in [2.45, 2.75) is 45.3 Å². The summed E-state index contributed by atoms with van der Waals surface area (Å²) >= 11 is 0. The first-order valence-electron chi connectivity index (χ1n) is 9.75. The van der Waals surface area contributed by atoms with E-state index in [1.807, 2.05) is 38.1 Å². The maximum Gasteiger partial charge on any atom is 0.241 e. The summed E-state index contributed by atoms with van der Waals surface area (Å²) in [7, 11) is 0. The smallest absolute Gasteiger partial charge is 0.241 e. The normalized spacial score (nSPS) is 19.8. The van der Waals surface area contributed by atoms with E-state index in [9.17, 15) is 4.79 Å². The van der Waals surface area contributed by atoms with E-state index in [2.05, 4.69) is 25.3 Å². The molecule has 7 nitrogen and oxygen atoms in total. The predicted molar refractivity (Wildman–Crippen MR) is 102 cm³/mol. The van der Waals surface area contributed by atoms with Crippen molar-refractivity contribution in [3.8, 4) is 11.4 Å². The van der Waals surface area contributed by atoms with Gasteiger partial charge in [-0.15, -0.1) is 0 Å². The first kappa shape index (κ1) is 18.1. The first-order valence-corrected chi connectivity index (χ1v) is 9.75. The highest BCUT2D eigenvalue weighted by Crippen LogP contribution is 2.21. The Morgan fingerprint density at radius 1 is 1.26 bits per heavy atom. The minimum Gasteiger partial charge on any atom is -0.352 e. The van der Waals surface area contributed by atoms with Gasteiger partial charge in [-0.25, -0.2) is 0 Å². The molecule has 2 heterocycles. The van der Waals surface area contributed by atoms with Crippen molar-refractivity contribution in [3.63, 3.8) is 0 Å². The van der Waals surface area contributed by atoms with Crippen LogP contribution >= 0.6 is 0 Å². The zero-order chi connectivity index (χ0) is 18.8. The van der Waals surface area contributed by atoms with Gasteiger partial charge in [-0.2, -0.15) is 4.98 Å². The zero-order valence-corrected chi connectivity index (χ0v) is 16.0. The average Bonchev–Trinajstić information content (AvgIpc) is 3.38. The second kappa shape index (κ2) is 7.78. The lowest BCUT2D eigenvalue weighted by Crippen LogP contribution is -2.53. The average molecular weight is 369 g/mol. The molecule has 7 heteroatoms. The Morgan fingerprint density at radius 3 is 2.70 bits per heavy atom. The lowest BCUT2D eigenvalue weighted by Gasteiger charge is -2.36. The molecule has 1 amide bonds. The minimum atomic E-state index is -0.0659. The van der Waals surface area contributed by atoms with Gasteiger partial charge in [-0.3, -0.25) is 14.6 Å². The zero-order valence-electron chi connectivity index (χ0n) is 16.0. The van der Waals surface area contributed by atoms with E-state index in [0.717, 1.165) is 50.1 Å². The molecule has 27 heavy (non-hydrogen) atoms. The minimum absolute atomic E-state index is 0.0659. The second-order valence-electron chi connectivity index (χ2n) is 7.60. The summed E-state index contributed by atoms with van der Waals surface area (Å²) in [5.74, 6) is 1.44. The van der Waals surface area contributed by atoms with Crippen LogP contribution in [0.2, 0.25) is 0 Å². The van der Waals surface area contributed by atoms with Gasteiger partial charge in [0.25, 0.3) is 0 Å². The lowest BCUT2D eigenvalue weighted by molar-refractivity contribution is -0.126. The molecule has 1 saturated carbocycles. The van der Waals surface area contributed by atoms with Crippen molar-refractivity contribution < 1.29 is 9.32 Å². The van der Waals surface area contributed by atoms with Gasteiger partial charge in [0, 0.05) is 37.8 Å². The SMILES string of the molecule is Cc1ccccc1-c1noc(CN2CCN(C(C)C(=O)NC3CC3)CC2)n1. The van der Waals surface area contributed by atoms with Crippen molar-refractivity contribution in [1.82, 2.24) is 25.3 Å². The molecule has 1 N–H and O–H groups in total. The molecule has 0 radical (unpaired) electrons. The molecule has 2 fully saturated rings. The van der Waals surface area contributed by atoms with Crippen molar-refractivity contribution in [2.75, 3.05) is 26.2 Å². The van der Waals surface area contributed by atoms with Gasteiger partial charge in [0.2, 0.25) is 17.6 Å². The van der Waals surface area contributed by atoms with Crippen LogP contribution in [0.1, 0.15) is 31.2 Å². The van der Waals surface area contributed by atoms with Crippen LogP contribution in [-0.2, 0) is 11.3 Å². The van der Waals surface area contributed by atoms with Gasteiger partial charge >= 0.3 is 0 Å². The third kappa shape index (κ3) is 4.36. The Balaban J connectivity index is 1.29. The molecule has 2 aliphatic rings. The monoisotopic (exact) mass is 369 g/mol. The second-order valence-corrected chi connectivity index (χ2v) is 7.60. The number of hydrogen-bond acceptors (Lipinski definition) is 6. The van der Waals surface area contributed by atoms with Crippen molar-refractivity contribution in [3.05, 3.63) is 35.7 Å². The molecule has 1 aliphatic heterocycles. The Morgan fingerprint density at radius 2 is 2.00 bits per heavy atom. The molecule has 1 saturated heterocycles. The number of amides is 1.